The van der Waals surface area contributed by atoms with Gasteiger partial charge in [0, 0.05) is 18.1 Å². The van der Waals surface area contributed by atoms with Crippen molar-refractivity contribution in [3.8, 4) is 0 Å². The maximum Gasteiger partial charge on any atom is 0.243 e. The number of likely N-dealkylation sites (N-methyl/N-ethyl adjacent to an activating group) is 1. The van der Waals surface area contributed by atoms with E-state index in [9.17, 15) is 8.42 Å². The molecule has 0 spiro atoms. The fourth-order valence-corrected chi connectivity index (χ4v) is 4.37. The highest BCUT2D eigenvalue weighted by Crippen LogP contribution is 2.24. The van der Waals surface area contributed by atoms with Gasteiger partial charge in [-0.15, -0.1) is 0 Å². The molecule has 0 radical (unpaired) electrons. The minimum Gasteiger partial charge on any atom is -0.307 e. The number of pyridine rings is 1. The zero-order valence-electron chi connectivity index (χ0n) is 15.2. The lowest BCUT2D eigenvalue weighted by Crippen LogP contribution is -2.35. The Balaban J connectivity index is 2.02. The Hall–Kier alpha value is -2.28. The van der Waals surface area contributed by atoms with Gasteiger partial charge in [0.05, 0.1) is 11.6 Å². The molecule has 1 aromatic heterocycles. The Morgan fingerprint density at radius 2 is 1.81 bits per heavy atom. The van der Waals surface area contributed by atoms with Gasteiger partial charge in [0.25, 0.3) is 0 Å². The third-order valence-corrected chi connectivity index (χ3v) is 5.65. The number of aryl methyl sites for hydroxylation is 1. The van der Waals surface area contributed by atoms with Gasteiger partial charge in [-0.3, -0.25) is 4.98 Å². The molecule has 1 N–H and O–H groups in total. The number of aromatic nitrogens is 1. The van der Waals surface area contributed by atoms with Gasteiger partial charge >= 0.3 is 0 Å². The van der Waals surface area contributed by atoms with Crippen molar-refractivity contribution in [1.29, 1.82) is 0 Å². The summed E-state index contributed by atoms with van der Waals surface area (Å²) in [4.78, 5) is 6.52. The van der Waals surface area contributed by atoms with Gasteiger partial charge in [0.2, 0.25) is 10.0 Å². The second-order valence-electron chi connectivity index (χ2n) is 6.69. The van der Waals surface area contributed by atoms with Crippen LogP contribution in [-0.4, -0.2) is 38.9 Å². The molecule has 0 aliphatic heterocycles. The highest BCUT2D eigenvalue weighted by molar-refractivity contribution is 7.89. The lowest BCUT2D eigenvalue weighted by atomic mass is 10.1. The molecule has 136 valence electrons. The summed E-state index contributed by atoms with van der Waals surface area (Å²) in [6.45, 7) is 2.49. The summed E-state index contributed by atoms with van der Waals surface area (Å²) in [5.41, 5.74) is 2.41. The van der Waals surface area contributed by atoms with Gasteiger partial charge in [-0.25, -0.2) is 13.1 Å². The number of nitrogens with one attached hydrogen (secondary N) is 1. The number of nitrogens with zero attached hydrogens (tertiary/aromatic N) is 2. The van der Waals surface area contributed by atoms with Gasteiger partial charge in [0.1, 0.15) is 4.90 Å². The molecular weight excluding hydrogens is 346 g/mol. The zero-order valence-corrected chi connectivity index (χ0v) is 16.0. The summed E-state index contributed by atoms with van der Waals surface area (Å²) in [5, 5.41) is 0.816. The van der Waals surface area contributed by atoms with Gasteiger partial charge < -0.3 is 4.90 Å². The first kappa shape index (κ1) is 18.5. The zero-order chi connectivity index (χ0) is 18.7. The first-order valence-electron chi connectivity index (χ1n) is 8.44. The van der Waals surface area contributed by atoms with Crippen molar-refractivity contribution in [3.63, 3.8) is 0 Å². The normalized spacial score (nSPS) is 13.2. The molecule has 0 fully saturated rings. The molecule has 1 unspecified atom stereocenters. The molecule has 2 aromatic carbocycles. The van der Waals surface area contributed by atoms with Gasteiger partial charge in [0.15, 0.2) is 0 Å². The standard InChI is InChI=1S/C20H23N3O2S/c1-15-12-17-10-7-11-19(20(17)21-13-15)26(24,25)22-18(14-23(2)3)16-8-5-4-6-9-16/h4-13,18,22H,14H2,1-3H3. The lowest BCUT2D eigenvalue weighted by Gasteiger charge is -2.23. The van der Waals surface area contributed by atoms with Crippen molar-refractivity contribution >= 4 is 20.9 Å². The monoisotopic (exact) mass is 369 g/mol. The van der Waals surface area contributed by atoms with Gasteiger partial charge in [-0.1, -0.05) is 42.5 Å². The maximum absolute atomic E-state index is 13.1. The molecule has 26 heavy (non-hydrogen) atoms. The quantitative estimate of drug-likeness (QED) is 0.725. The van der Waals surface area contributed by atoms with Crippen LogP contribution in [0.15, 0.2) is 65.7 Å². The van der Waals surface area contributed by atoms with Gasteiger partial charge in [-0.2, -0.15) is 0 Å². The van der Waals surface area contributed by atoms with Crippen LogP contribution >= 0.6 is 0 Å². The maximum atomic E-state index is 13.1. The van der Waals surface area contributed by atoms with Crippen molar-refractivity contribution in [2.75, 3.05) is 20.6 Å². The van der Waals surface area contributed by atoms with Gasteiger partial charge in [-0.05, 0) is 44.3 Å². The van der Waals surface area contributed by atoms with Crippen LogP contribution in [0.25, 0.3) is 10.9 Å². The van der Waals surface area contributed by atoms with E-state index in [0.29, 0.717) is 12.1 Å². The fraction of sp³-hybridized carbons (Fsp3) is 0.250. The predicted molar refractivity (Wildman–Crippen MR) is 105 cm³/mol. The van der Waals surface area contributed by atoms with Crippen molar-refractivity contribution in [1.82, 2.24) is 14.6 Å². The van der Waals surface area contributed by atoms with E-state index < -0.39 is 10.0 Å². The largest absolute Gasteiger partial charge is 0.307 e. The summed E-state index contributed by atoms with van der Waals surface area (Å²) in [5.74, 6) is 0. The van der Waals surface area contributed by atoms with Crippen molar-refractivity contribution < 1.29 is 8.42 Å². The van der Waals surface area contributed by atoms with E-state index in [1.54, 1.807) is 18.3 Å². The highest BCUT2D eigenvalue weighted by Gasteiger charge is 2.24. The summed E-state index contributed by atoms with van der Waals surface area (Å²) < 4.78 is 29.1. The molecule has 1 heterocycles. The molecule has 1 atom stereocenters. The van der Waals surface area contributed by atoms with Crippen LogP contribution in [0.5, 0.6) is 0 Å². The van der Waals surface area contributed by atoms with Crippen LogP contribution in [0.2, 0.25) is 0 Å². The smallest absolute Gasteiger partial charge is 0.243 e. The van der Waals surface area contributed by atoms with E-state index in [4.69, 9.17) is 0 Å². The molecule has 0 saturated carbocycles. The SMILES string of the molecule is Cc1cnc2c(S(=O)(=O)NC(CN(C)C)c3ccccc3)cccc2c1. The van der Waals surface area contributed by atoms with E-state index in [-0.39, 0.29) is 10.9 Å². The second kappa shape index (κ2) is 7.53. The fourth-order valence-electron chi connectivity index (χ4n) is 2.97. The molecule has 3 rings (SSSR count). The Bertz CT molecular complexity index is 1000. The average Bonchev–Trinajstić information content (AvgIpc) is 2.60. The first-order chi connectivity index (χ1) is 12.4. The number of rotatable bonds is 6. The third kappa shape index (κ3) is 4.09. The number of hydrogen-bond donors (Lipinski definition) is 1. The third-order valence-electron chi connectivity index (χ3n) is 4.15. The van der Waals surface area contributed by atoms with Crippen LogP contribution < -0.4 is 4.72 Å². The minimum atomic E-state index is -3.73. The van der Waals surface area contributed by atoms with Crippen molar-refractivity contribution in [2.24, 2.45) is 0 Å². The lowest BCUT2D eigenvalue weighted by molar-refractivity contribution is 0.363. The van der Waals surface area contributed by atoms with E-state index in [1.807, 2.05) is 68.4 Å². The van der Waals surface area contributed by atoms with Crippen LogP contribution in [0.4, 0.5) is 0 Å². The molecule has 0 bridgehead atoms. The number of fused-ring (bicyclic) bond motifs is 1. The average molecular weight is 369 g/mol. The van der Waals surface area contributed by atoms with Crippen LogP contribution in [0, 0.1) is 6.92 Å². The first-order valence-corrected chi connectivity index (χ1v) is 9.92. The van der Waals surface area contributed by atoms with E-state index in [1.165, 1.54) is 0 Å². The molecule has 0 aliphatic carbocycles. The molecule has 3 aromatic rings. The Labute approximate surface area is 154 Å². The van der Waals surface area contributed by atoms with Crippen molar-refractivity contribution in [2.45, 2.75) is 17.9 Å². The van der Waals surface area contributed by atoms with E-state index in [0.717, 1.165) is 16.5 Å². The summed E-state index contributed by atoms with van der Waals surface area (Å²) in [6, 6.07) is 16.4. The Kier molecular flexibility index (Phi) is 5.36. The van der Waals surface area contributed by atoms with E-state index >= 15 is 0 Å². The summed E-state index contributed by atoms with van der Waals surface area (Å²) in [6.07, 6.45) is 1.69. The molecular formula is C20H23N3O2S. The number of para-hydroxylation sites is 1. The Morgan fingerprint density at radius 3 is 2.50 bits per heavy atom. The Morgan fingerprint density at radius 1 is 1.08 bits per heavy atom. The molecule has 6 heteroatoms. The highest BCUT2D eigenvalue weighted by atomic mass is 32.2. The van der Waals surface area contributed by atoms with Crippen LogP contribution in [0.1, 0.15) is 17.2 Å². The van der Waals surface area contributed by atoms with E-state index in [2.05, 4.69) is 9.71 Å². The number of sulfonamides is 1. The summed E-state index contributed by atoms with van der Waals surface area (Å²) in [7, 11) is 0.114. The molecule has 0 amide bonds. The van der Waals surface area contributed by atoms with Crippen LogP contribution in [0.3, 0.4) is 0 Å². The molecule has 0 aliphatic rings. The van der Waals surface area contributed by atoms with Crippen LogP contribution in [-0.2, 0) is 10.0 Å². The number of benzene rings is 2. The topological polar surface area (TPSA) is 62.3 Å². The molecule has 0 saturated heterocycles. The second-order valence-corrected chi connectivity index (χ2v) is 8.37. The number of hydrogen-bond acceptors (Lipinski definition) is 4. The predicted octanol–water partition coefficient (Wildman–Crippen LogP) is 3.12. The molecule has 5 nitrogen and oxygen atoms in total. The summed E-state index contributed by atoms with van der Waals surface area (Å²) >= 11 is 0. The minimum absolute atomic E-state index is 0.203. The van der Waals surface area contributed by atoms with Crippen molar-refractivity contribution in [3.05, 3.63) is 71.9 Å².